The standard InChI is InChI=1S/C20H22ClN3O/c21-18-8-3-10-22-19(18)23-11-4-7-17(14-23)20(25)24-12-9-15-5-1-2-6-16(15)13-24/h1-3,5-6,8,10,17H,4,7,9,11-14H2. The number of hydrogen-bond donors (Lipinski definition) is 0. The van der Waals surface area contributed by atoms with Crippen molar-refractivity contribution in [2.75, 3.05) is 24.5 Å². The van der Waals surface area contributed by atoms with E-state index in [0.29, 0.717) is 11.6 Å². The minimum absolute atomic E-state index is 0.0251. The van der Waals surface area contributed by atoms with Crippen molar-refractivity contribution in [2.24, 2.45) is 5.92 Å². The van der Waals surface area contributed by atoms with Gasteiger partial charge in [0.05, 0.1) is 10.9 Å². The second-order valence-corrected chi connectivity index (χ2v) is 7.28. The molecule has 130 valence electrons. The number of piperidine rings is 1. The Labute approximate surface area is 153 Å². The second-order valence-electron chi connectivity index (χ2n) is 6.87. The van der Waals surface area contributed by atoms with Crippen LogP contribution in [0, 0.1) is 5.92 Å². The third kappa shape index (κ3) is 3.36. The molecule has 1 fully saturated rings. The second kappa shape index (κ2) is 7.04. The number of carbonyl (C=O) groups is 1. The van der Waals surface area contributed by atoms with Gasteiger partial charge in [-0.3, -0.25) is 4.79 Å². The Morgan fingerprint density at radius 3 is 2.80 bits per heavy atom. The van der Waals surface area contributed by atoms with E-state index in [4.69, 9.17) is 11.6 Å². The summed E-state index contributed by atoms with van der Waals surface area (Å²) in [6.07, 6.45) is 4.64. The van der Waals surface area contributed by atoms with Crippen molar-refractivity contribution in [3.05, 3.63) is 58.7 Å². The lowest BCUT2D eigenvalue weighted by Crippen LogP contribution is -2.46. The van der Waals surface area contributed by atoms with E-state index >= 15 is 0 Å². The average Bonchev–Trinajstić information content (AvgIpc) is 2.67. The molecule has 0 spiro atoms. The minimum atomic E-state index is 0.0251. The zero-order valence-electron chi connectivity index (χ0n) is 14.2. The number of halogens is 1. The molecule has 4 nitrogen and oxygen atoms in total. The Kier molecular flexibility index (Phi) is 4.62. The molecule has 1 aromatic carbocycles. The molecule has 0 radical (unpaired) electrons. The van der Waals surface area contributed by atoms with Crippen LogP contribution in [-0.4, -0.2) is 35.4 Å². The maximum absolute atomic E-state index is 13.1. The Hall–Kier alpha value is -2.07. The number of pyridine rings is 1. The summed E-state index contributed by atoms with van der Waals surface area (Å²) in [6, 6.07) is 12.1. The minimum Gasteiger partial charge on any atom is -0.355 e. The fraction of sp³-hybridized carbons (Fsp3) is 0.400. The predicted octanol–water partition coefficient (Wildman–Crippen LogP) is 3.54. The van der Waals surface area contributed by atoms with Crippen molar-refractivity contribution in [3.63, 3.8) is 0 Å². The summed E-state index contributed by atoms with van der Waals surface area (Å²) >= 11 is 6.29. The number of carbonyl (C=O) groups excluding carboxylic acids is 1. The van der Waals surface area contributed by atoms with Crippen LogP contribution in [0.15, 0.2) is 42.6 Å². The fourth-order valence-electron chi connectivity index (χ4n) is 3.92. The van der Waals surface area contributed by atoms with Crippen LogP contribution in [0.2, 0.25) is 5.02 Å². The first kappa shape index (κ1) is 16.4. The highest BCUT2D eigenvalue weighted by atomic mass is 35.5. The normalized spacial score (nSPS) is 20.3. The molecule has 1 aromatic heterocycles. The van der Waals surface area contributed by atoms with Crippen LogP contribution in [0.5, 0.6) is 0 Å². The van der Waals surface area contributed by atoms with E-state index in [1.54, 1.807) is 6.20 Å². The van der Waals surface area contributed by atoms with E-state index in [2.05, 4.69) is 34.1 Å². The monoisotopic (exact) mass is 355 g/mol. The molecule has 0 bridgehead atoms. The molecule has 0 saturated carbocycles. The lowest BCUT2D eigenvalue weighted by molar-refractivity contribution is -0.136. The van der Waals surface area contributed by atoms with E-state index in [9.17, 15) is 4.79 Å². The Bertz CT molecular complexity index is 779. The van der Waals surface area contributed by atoms with Gasteiger partial charge < -0.3 is 9.80 Å². The van der Waals surface area contributed by atoms with Crippen LogP contribution >= 0.6 is 11.6 Å². The average molecular weight is 356 g/mol. The molecule has 0 N–H and O–H groups in total. The molecule has 4 rings (SSSR count). The van der Waals surface area contributed by atoms with Crippen molar-refractivity contribution in [2.45, 2.75) is 25.8 Å². The third-order valence-electron chi connectivity index (χ3n) is 5.25. The summed E-state index contributed by atoms with van der Waals surface area (Å²) in [4.78, 5) is 21.7. The number of nitrogens with zero attached hydrogens (tertiary/aromatic N) is 3. The van der Waals surface area contributed by atoms with Gasteiger partial charge in [0, 0.05) is 32.4 Å². The first-order chi connectivity index (χ1) is 12.2. The van der Waals surface area contributed by atoms with Crippen LogP contribution in [0.3, 0.4) is 0 Å². The number of rotatable bonds is 2. The zero-order chi connectivity index (χ0) is 17.2. The first-order valence-corrected chi connectivity index (χ1v) is 9.31. The summed E-state index contributed by atoms with van der Waals surface area (Å²) < 4.78 is 0. The van der Waals surface area contributed by atoms with Gasteiger partial charge in [-0.1, -0.05) is 35.9 Å². The lowest BCUT2D eigenvalue weighted by Gasteiger charge is -2.37. The molecule has 1 saturated heterocycles. The summed E-state index contributed by atoms with van der Waals surface area (Å²) in [5, 5.41) is 0.655. The molecule has 3 heterocycles. The highest BCUT2D eigenvalue weighted by Gasteiger charge is 2.31. The number of anilines is 1. The Morgan fingerprint density at radius 1 is 1.12 bits per heavy atom. The van der Waals surface area contributed by atoms with Gasteiger partial charge in [0.1, 0.15) is 5.82 Å². The van der Waals surface area contributed by atoms with Crippen molar-refractivity contribution in [1.29, 1.82) is 0 Å². The number of hydrogen-bond acceptors (Lipinski definition) is 3. The fourth-order valence-corrected chi connectivity index (χ4v) is 4.16. The van der Waals surface area contributed by atoms with Crippen molar-refractivity contribution >= 4 is 23.3 Å². The van der Waals surface area contributed by atoms with Gasteiger partial charge in [-0.15, -0.1) is 0 Å². The third-order valence-corrected chi connectivity index (χ3v) is 5.55. The predicted molar refractivity (Wildman–Crippen MR) is 99.7 cm³/mol. The highest BCUT2D eigenvalue weighted by Crippen LogP contribution is 2.29. The van der Waals surface area contributed by atoms with Crippen LogP contribution in [0.25, 0.3) is 0 Å². The molecule has 1 amide bonds. The Morgan fingerprint density at radius 2 is 1.96 bits per heavy atom. The number of fused-ring (bicyclic) bond motifs is 1. The first-order valence-electron chi connectivity index (χ1n) is 8.93. The summed E-state index contributed by atoms with van der Waals surface area (Å²) in [5.41, 5.74) is 2.65. The van der Waals surface area contributed by atoms with E-state index in [-0.39, 0.29) is 11.8 Å². The molecule has 0 aliphatic carbocycles. The molecular weight excluding hydrogens is 334 g/mol. The molecular formula is C20H22ClN3O. The van der Waals surface area contributed by atoms with Crippen LogP contribution < -0.4 is 4.90 Å². The van der Waals surface area contributed by atoms with E-state index in [0.717, 1.165) is 44.7 Å². The van der Waals surface area contributed by atoms with Gasteiger partial charge in [-0.05, 0) is 42.5 Å². The van der Waals surface area contributed by atoms with Gasteiger partial charge >= 0.3 is 0 Å². The molecule has 5 heteroatoms. The van der Waals surface area contributed by atoms with Crippen LogP contribution in [-0.2, 0) is 17.8 Å². The lowest BCUT2D eigenvalue weighted by atomic mass is 9.94. The van der Waals surface area contributed by atoms with Gasteiger partial charge in [0.25, 0.3) is 0 Å². The number of amides is 1. The van der Waals surface area contributed by atoms with Crippen molar-refractivity contribution in [1.82, 2.24) is 9.88 Å². The number of aromatic nitrogens is 1. The van der Waals surface area contributed by atoms with Gasteiger partial charge in [0.15, 0.2) is 0 Å². The summed E-state index contributed by atoms with van der Waals surface area (Å²) in [5.74, 6) is 1.09. The van der Waals surface area contributed by atoms with Gasteiger partial charge in [0.2, 0.25) is 5.91 Å². The Balaban J connectivity index is 1.47. The van der Waals surface area contributed by atoms with Crippen LogP contribution in [0.4, 0.5) is 5.82 Å². The molecule has 2 aliphatic rings. The molecule has 25 heavy (non-hydrogen) atoms. The smallest absolute Gasteiger partial charge is 0.227 e. The zero-order valence-corrected chi connectivity index (χ0v) is 15.0. The highest BCUT2D eigenvalue weighted by molar-refractivity contribution is 6.32. The van der Waals surface area contributed by atoms with Gasteiger partial charge in [-0.25, -0.2) is 4.98 Å². The molecule has 1 atom stereocenters. The number of benzene rings is 1. The van der Waals surface area contributed by atoms with Gasteiger partial charge in [-0.2, -0.15) is 0 Å². The topological polar surface area (TPSA) is 36.4 Å². The van der Waals surface area contributed by atoms with Crippen LogP contribution in [0.1, 0.15) is 24.0 Å². The quantitative estimate of drug-likeness (QED) is 0.826. The van der Waals surface area contributed by atoms with Crippen molar-refractivity contribution in [3.8, 4) is 0 Å². The molecule has 2 aliphatic heterocycles. The maximum atomic E-state index is 13.1. The largest absolute Gasteiger partial charge is 0.355 e. The van der Waals surface area contributed by atoms with E-state index in [1.807, 2.05) is 17.0 Å². The summed E-state index contributed by atoms with van der Waals surface area (Å²) in [6.45, 7) is 3.16. The molecule has 1 unspecified atom stereocenters. The van der Waals surface area contributed by atoms with E-state index < -0.39 is 0 Å². The van der Waals surface area contributed by atoms with E-state index in [1.165, 1.54) is 11.1 Å². The molecule has 2 aromatic rings. The van der Waals surface area contributed by atoms with Crippen molar-refractivity contribution < 1.29 is 4.79 Å². The maximum Gasteiger partial charge on any atom is 0.227 e. The summed E-state index contributed by atoms with van der Waals surface area (Å²) in [7, 11) is 0. The SMILES string of the molecule is O=C(C1CCCN(c2ncccc2Cl)C1)N1CCc2ccccc2C1.